The van der Waals surface area contributed by atoms with Gasteiger partial charge < -0.3 is 4.57 Å². The molecule has 2 heteroatoms. The highest BCUT2D eigenvalue weighted by Gasteiger charge is 2.14. The summed E-state index contributed by atoms with van der Waals surface area (Å²) in [5.41, 5.74) is 6.08. The number of aryl methyl sites for hydroxylation is 1. The first-order valence-electron chi connectivity index (χ1n) is 10.6. The summed E-state index contributed by atoms with van der Waals surface area (Å²) in [4.78, 5) is 5.01. The Bertz CT molecular complexity index is 1560. The molecule has 0 aliphatic rings. The van der Waals surface area contributed by atoms with E-state index in [0.29, 0.717) is 0 Å². The molecule has 2 heterocycles. The fourth-order valence-electron chi connectivity index (χ4n) is 4.83. The maximum absolute atomic E-state index is 5.01. The van der Waals surface area contributed by atoms with E-state index in [1.165, 1.54) is 43.5 Å². The highest BCUT2D eigenvalue weighted by molar-refractivity contribution is 6.20. The predicted octanol–water partition coefficient (Wildman–Crippen LogP) is 7.11. The molecule has 0 fully saturated rings. The zero-order valence-corrected chi connectivity index (χ0v) is 17.0. The van der Waals surface area contributed by atoms with Gasteiger partial charge in [0.15, 0.2) is 0 Å². The number of benzene rings is 4. The zero-order chi connectivity index (χ0) is 20.1. The SMILES string of the molecule is CCc1cc(Cn2c3ccccc3c3c4ccccc4ccc32)nc2ccccc12. The van der Waals surface area contributed by atoms with Crippen molar-refractivity contribution in [2.24, 2.45) is 0 Å². The summed E-state index contributed by atoms with van der Waals surface area (Å²) in [6.45, 7) is 2.98. The summed E-state index contributed by atoms with van der Waals surface area (Å²) in [7, 11) is 0. The molecule has 0 bridgehead atoms. The van der Waals surface area contributed by atoms with E-state index in [-0.39, 0.29) is 0 Å². The average Bonchev–Trinajstić information content (AvgIpc) is 3.12. The molecule has 0 spiro atoms. The van der Waals surface area contributed by atoms with Crippen molar-refractivity contribution in [3.8, 4) is 0 Å². The van der Waals surface area contributed by atoms with Crippen LogP contribution in [0.4, 0.5) is 0 Å². The second-order valence-electron chi connectivity index (χ2n) is 7.93. The van der Waals surface area contributed by atoms with Gasteiger partial charge in [0, 0.05) is 21.7 Å². The maximum Gasteiger partial charge on any atom is 0.0708 e. The lowest BCUT2D eigenvalue weighted by Crippen LogP contribution is -2.03. The summed E-state index contributed by atoms with van der Waals surface area (Å²) >= 11 is 0. The third kappa shape index (κ3) is 2.54. The minimum absolute atomic E-state index is 0.764. The third-order valence-corrected chi connectivity index (χ3v) is 6.22. The molecule has 0 N–H and O–H groups in total. The van der Waals surface area contributed by atoms with Crippen molar-refractivity contribution in [3.63, 3.8) is 0 Å². The molecule has 0 aliphatic heterocycles. The van der Waals surface area contributed by atoms with Crippen molar-refractivity contribution >= 4 is 43.5 Å². The maximum atomic E-state index is 5.01. The lowest BCUT2D eigenvalue weighted by Gasteiger charge is -2.11. The minimum Gasteiger partial charge on any atom is -0.334 e. The van der Waals surface area contributed by atoms with Gasteiger partial charge in [0.25, 0.3) is 0 Å². The fraction of sp³-hybridized carbons (Fsp3) is 0.107. The lowest BCUT2D eigenvalue weighted by atomic mass is 10.0. The molecule has 30 heavy (non-hydrogen) atoms. The quantitative estimate of drug-likeness (QED) is 0.317. The Labute approximate surface area is 175 Å². The molecule has 2 aromatic heterocycles. The van der Waals surface area contributed by atoms with Gasteiger partial charge >= 0.3 is 0 Å². The molecule has 2 nitrogen and oxygen atoms in total. The summed E-state index contributed by atoms with van der Waals surface area (Å²) in [5.74, 6) is 0. The number of aromatic nitrogens is 2. The van der Waals surface area contributed by atoms with E-state index in [0.717, 1.165) is 24.2 Å². The van der Waals surface area contributed by atoms with E-state index < -0.39 is 0 Å². The van der Waals surface area contributed by atoms with Crippen LogP contribution >= 0.6 is 0 Å². The molecule has 0 radical (unpaired) electrons. The largest absolute Gasteiger partial charge is 0.334 e. The predicted molar refractivity (Wildman–Crippen MR) is 127 cm³/mol. The third-order valence-electron chi connectivity index (χ3n) is 6.22. The Morgan fingerprint density at radius 3 is 2.30 bits per heavy atom. The lowest BCUT2D eigenvalue weighted by molar-refractivity contribution is 0.838. The van der Waals surface area contributed by atoms with E-state index in [1.54, 1.807) is 0 Å². The van der Waals surface area contributed by atoms with Crippen molar-refractivity contribution in [3.05, 3.63) is 102 Å². The Hall–Kier alpha value is -3.65. The van der Waals surface area contributed by atoms with Crippen molar-refractivity contribution in [1.82, 2.24) is 9.55 Å². The molecule has 144 valence electrons. The average molecular weight is 386 g/mol. The van der Waals surface area contributed by atoms with Gasteiger partial charge in [-0.25, -0.2) is 0 Å². The summed E-state index contributed by atoms with van der Waals surface area (Å²) in [6, 6.07) is 32.7. The minimum atomic E-state index is 0.764. The van der Waals surface area contributed by atoms with Gasteiger partial charge in [-0.15, -0.1) is 0 Å². The summed E-state index contributed by atoms with van der Waals surface area (Å²) in [6.07, 6.45) is 1.01. The van der Waals surface area contributed by atoms with Gasteiger partial charge in [-0.1, -0.05) is 73.7 Å². The monoisotopic (exact) mass is 386 g/mol. The number of hydrogen-bond acceptors (Lipinski definition) is 1. The Balaban J connectivity index is 1.63. The van der Waals surface area contributed by atoms with Crippen LogP contribution in [0.1, 0.15) is 18.2 Å². The Kier molecular flexibility index (Phi) is 3.85. The first-order valence-corrected chi connectivity index (χ1v) is 10.6. The molecular formula is C28H22N2. The number of nitrogens with zero attached hydrogens (tertiary/aromatic N) is 2. The van der Waals surface area contributed by atoms with Crippen LogP contribution in [0.5, 0.6) is 0 Å². The van der Waals surface area contributed by atoms with E-state index in [2.05, 4.69) is 102 Å². The molecule has 4 aromatic carbocycles. The van der Waals surface area contributed by atoms with Gasteiger partial charge in [-0.05, 0) is 47.0 Å². The number of hydrogen-bond donors (Lipinski definition) is 0. The van der Waals surface area contributed by atoms with Crippen LogP contribution in [-0.4, -0.2) is 9.55 Å². The molecule has 0 saturated carbocycles. The van der Waals surface area contributed by atoms with E-state index in [9.17, 15) is 0 Å². The Morgan fingerprint density at radius 1 is 0.700 bits per heavy atom. The number of fused-ring (bicyclic) bond motifs is 6. The van der Waals surface area contributed by atoms with E-state index >= 15 is 0 Å². The van der Waals surface area contributed by atoms with Gasteiger partial charge in [0.2, 0.25) is 0 Å². The van der Waals surface area contributed by atoms with Crippen molar-refractivity contribution in [2.75, 3.05) is 0 Å². The van der Waals surface area contributed by atoms with E-state index in [1.807, 2.05) is 0 Å². The van der Waals surface area contributed by atoms with Crippen LogP contribution in [0.15, 0.2) is 91.0 Å². The smallest absolute Gasteiger partial charge is 0.0708 e. The van der Waals surface area contributed by atoms with Crippen LogP contribution in [0.3, 0.4) is 0 Å². The number of rotatable bonds is 3. The first-order chi connectivity index (χ1) is 14.8. The zero-order valence-electron chi connectivity index (χ0n) is 17.0. The van der Waals surface area contributed by atoms with Crippen LogP contribution in [0.25, 0.3) is 43.5 Å². The highest BCUT2D eigenvalue weighted by Crippen LogP contribution is 2.35. The normalized spacial score (nSPS) is 11.8. The van der Waals surface area contributed by atoms with Crippen LogP contribution < -0.4 is 0 Å². The topological polar surface area (TPSA) is 17.8 Å². The molecule has 0 atom stereocenters. The molecule has 0 unspecified atom stereocenters. The Morgan fingerprint density at radius 2 is 1.43 bits per heavy atom. The van der Waals surface area contributed by atoms with E-state index in [4.69, 9.17) is 4.98 Å². The summed E-state index contributed by atoms with van der Waals surface area (Å²) < 4.78 is 2.42. The molecular weight excluding hydrogens is 364 g/mol. The van der Waals surface area contributed by atoms with Crippen molar-refractivity contribution < 1.29 is 0 Å². The first kappa shape index (κ1) is 17.2. The molecule has 0 amide bonds. The molecule has 6 rings (SSSR count). The second-order valence-corrected chi connectivity index (χ2v) is 7.93. The van der Waals surface area contributed by atoms with Gasteiger partial charge in [-0.2, -0.15) is 0 Å². The van der Waals surface area contributed by atoms with Gasteiger partial charge in [0.1, 0.15) is 0 Å². The molecule has 6 aromatic rings. The highest BCUT2D eigenvalue weighted by atomic mass is 15.0. The van der Waals surface area contributed by atoms with Crippen LogP contribution in [-0.2, 0) is 13.0 Å². The van der Waals surface area contributed by atoms with Gasteiger partial charge in [0.05, 0.1) is 23.3 Å². The van der Waals surface area contributed by atoms with Crippen LogP contribution in [0, 0.1) is 0 Å². The summed E-state index contributed by atoms with van der Waals surface area (Å²) in [5, 5.41) is 6.49. The molecule has 0 aliphatic carbocycles. The van der Waals surface area contributed by atoms with Crippen LogP contribution in [0.2, 0.25) is 0 Å². The van der Waals surface area contributed by atoms with Crippen molar-refractivity contribution in [1.29, 1.82) is 0 Å². The second kappa shape index (κ2) is 6.70. The molecule has 0 saturated heterocycles. The van der Waals surface area contributed by atoms with Gasteiger partial charge in [-0.3, -0.25) is 4.98 Å². The number of pyridine rings is 1. The number of para-hydroxylation sites is 2. The fourth-order valence-corrected chi connectivity index (χ4v) is 4.83. The van der Waals surface area contributed by atoms with Crippen molar-refractivity contribution in [2.45, 2.75) is 19.9 Å². The standard InChI is InChI=1S/C28H22N2/c1-2-19-17-21(29-25-13-7-5-10-22(19)25)18-30-26-14-8-6-12-24(26)28-23-11-4-3-9-20(23)15-16-27(28)30/h3-17H,2,18H2,1H3.